The lowest BCUT2D eigenvalue weighted by molar-refractivity contribution is -0.119. The van der Waals surface area contributed by atoms with Crippen molar-refractivity contribution in [2.75, 3.05) is 31.1 Å². The summed E-state index contributed by atoms with van der Waals surface area (Å²) in [6, 6.07) is 19.7. The van der Waals surface area contributed by atoms with Gasteiger partial charge in [0.25, 0.3) is 10.0 Å². The normalized spacial score (nSPS) is 11.1. The minimum absolute atomic E-state index is 0.109. The van der Waals surface area contributed by atoms with Gasteiger partial charge in [-0.05, 0) is 74.6 Å². The largest absolute Gasteiger partial charge is 0.495 e. The van der Waals surface area contributed by atoms with E-state index in [4.69, 9.17) is 9.47 Å². The van der Waals surface area contributed by atoms with E-state index in [9.17, 15) is 13.2 Å². The molecule has 0 bridgehead atoms. The fraction of sp³-hybridized carbons (Fsp3) is 0.345. The lowest BCUT2D eigenvalue weighted by atomic mass is 10.1. The number of nitrogens with one attached hydrogen (secondary N) is 1. The molecule has 198 valence electrons. The van der Waals surface area contributed by atoms with Crippen LogP contribution in [0.25, 0.3) is 0 Å². The van der Waals surface area contributed by atoms with Gasteiger partial charge in [-0.25, -0.2) is 8.42 Å². The van der Waals surface area contributed by atoms with E-state index in [2.05, 4.69) is 12.2 Å². The van der Waals surface area contributed by atoms with Crippen molar-refractivity contribution in [3.8, 4) is 11.5 Å². The first kappa shape index (κ1) is 28.1. The van der Waals surface area contributed by atoms with Gasteiger partial charge < -0.3 is 14.8 Å². The van der Waals surface area contributed by atoms with Crippen LogP contribution in [-0.4, -0.2) is 41.1 Å². The summed E-state index contributed by atoms with van der Waals surface area (Å²) in [5.41, 5.74) is 3.20. The Kier molecular flexibility index (Phi) is 9.97. The number of amides is 1. The van der Waals surface area contributed by atoms with Gasteiger partial charge in [0.15, 0.2) is 0 Å². The molecule has 37 heavy (non-hydrogen) atoms. The maximum atomic E-state index is 13.7. The van der Waals surface area contributed by atoms with E-state index in [0.29, 0.717) is 31.0 Å². The summed E-state index contributed by atoms with van der Waals surface area (Å²) in [7, 11) is -2.55. The zero-order valence-electron chi connectivity index (χ0n) is 22.0. The first-order valence-electron chi connectivity index (χ1n) is 12.5. The number of sulfonamides is 1. The van der Waals surface area contributed by atoms with E-state index >= 15 is 0 Å². The van der Waals surface area contributed by atoms with Gasteiger partial charge in [-0.2, -0.15) is 0 Å². The third-order valence-corrected chi connectivity index (χ3v) is 7.65. The van der Waals surface area contributed by atoms with Gasteiger partial charge in [0, 0.05) is 6.54 Å². The van der Waals surface area contributed by atoms with Crippen molar-refractivity contribution < 1.29 is 22.7 Å². The molecule has 3 aromatic carbocycles. The summed E-state index contributed by atoms with van der Waals surface area (Å²) in [6.07, 6.45) is 2.35. The number of anilines is 1. The van der Waals surface area contributed by atoms with Crippen molar-refractivity contribution in [3.63, 3.8) is 0 Å². The van der Waals surface area contributed by atoms with Crippen molar-refractivity contribution in [1.82, 2.24) is 5.32 Å². The molecule has 0 aliphatic heterocycles. The van der Waals surface area contributed by atoms with Crippen molar-refractivity contribution in [3.05, 3.63) is 83.4 Å². The number of carbonyl (C=O) groups excluding carboxylic acids is 1. The summed E-state index contributed by atoms with van der Waals surface area (Å²) in [4.78, 5) is 13.1. The average Bonchev–Trinajstić information content (AvgIpc) is 2.89. The first-order valence-corrected chi connectivity index (χ1v) is 13.9. The number of nitrogens with zero attached hydrogens (tertiary/aromatic N) is 1. The van der Waals surface area contributed by atoms with E-state index in [1.165, 1.54) is 7.11 Å². The van der Waals surface area contributed by atoms with Crippen LogP contribution in [0.3, 0.4) is 0 Å². The predicted molar refractivity (Wildman–Crippen MR) is 147 cm³/mol. The molecule has 1 amide bonds. The van der Waals surface area contributed by atoms with E-state index in [1.54, 1.807) is 36.4 Å². The molecular weight excluding hydrogens is 488 g/mol. The standard InChI is InChI=1S/C29H36N2O5S/c1-5-19-36-27-11-7-6-9-24(27)10-8-18-30-29(32)21-31(26-20-23(3)14-17-28(26)35-4)37(33,34)25-15-12-22(2)13-16-25/h6-7,9,11-17,20H,5,8,10,18-19,21H2,1-4H3,(H,30,32). The van der Waals surface area contributed by atoms with Gasteiger partial charge in [0.2, 0.25) is 5.91 Å². The lowest BCUT2D eigenvalue weighted by Crippen LogP contribution is -2.41. The Morgan fingerprint density at radius 2 is 1.65 bits per heavy atom. The zero-order valence-corrected chi connectivity index (χ0v) is 22.8. The van der Waals surface area contributed by atoms with Gasteiger partial charge in [0.1, 0.15) is 18.0 Å². The van der Waals surface area contributed by atoms with Crippen molar-refractivity contribution in [1.29, 1.82) is 0 Å². The van der Waals surface area contributed by atoms with Crippen LogP contribution in [-0.2, 0) is 21.2 Å². The summed E-state index contributed by atoms with van der Waals surface area (Å²) >= 11 is 0. The van der Waals surface area contributed by atoms with Gasteiger partial charge in [0.05, 0.1) is 24.3 Å². The number of benzene rings is 3. The number of hydrogen-bond donors (Lipinski definition) is 1. The molecule has 0 saturated carbocycles. The minimum atomic E-state index is -4.03. The van der Waals surface area contributed by atoms with Gasteiger partial charge in [-0.3, -0.25) is 9.10 Å². The van der Waals surface area contributed by atoms with Crippen molar-refractivity contribution in [2.24, 2.45) is 0 Å². The molecule has 0 unspecified atom stereocenters. The number of para-hydroxylation sites is 1. The molecule has 1 N–H and O–H groups in total. The molecule has 0 radical (unpaired) electrons. The highest BCUT2D eigenvalue weighted by atomic mass is 32.2. The number of aryl methyl sites for hydroxylation is 3. The van der Waals surface area contributed by atoms with Gasteiger partial charge in [-0.1, -0.05) is 48.9 Å². The third-order valence-electron chi connectivity index (χ3n) is 5.88. The minimum Gasteiger partial charge on any atom is -0.495 e. The number of methoxy groups -OCH3 is 1. The quantitative estimate of drug-likeness (QED) is 0.317. The summed E-state index contributed by atoms with van der Waals surface area (Å²) in [5.74, 6) is 0.838. The molecule has 8 heteroatoms. The monoisotopic (exact) mass is 524 g/mol. The van der Waals surface area contributed by atoms with Crippen LogP contribution >= 0.6 is 0 Å². The molecule has 7 nitrogen and oxygen atoms in total. The highest BCUT2D eigenvalue weighted by Gasteiger charge is 2.29. The van der Waals surface area contributed by atoms with E-state index < -0.39 is 15.9 Å². The number of hydrogen-bond acceptors (Lipinski definition) is 5. The smallest absolute Gasteiger partial charge is 0.264 e. The average molecular weight is 525 g/mol. The number of carbonyl (C=O) groups is 1. The zero-order chi connectivity index (χ0) is 26.8. The molecule has 0 aliphatic rings. The molecule has 3 rings (SSSR count). The molecular formula is C29H36N2O5S. The van der Waals surface area contributed by atoms with Gasteiger partial charge in [-0.15, -0.1) is 0 Å². The molecule has 3 aromatic rings. The molecule has 0 heterocycles. The predicted octanol–water partition coefficient (Wildman–Crippen LogP) is 5.05. The Labute approximate surface area is 220 Å². The van der Waals surface area contributed by atoms with Crippen molar-refractivity contribution >= 4 is 21.6 Å². The summed E-state index contributed by atoms with van der Waals surface area (Å²) < 4.78 is 39.7. The molecule has 0 atom stereocenters. The van der Waals surface area contributed by atoms with Crippen LogP contribution in [0.1, 0.15) is 36.5 Å². The van der Waals surface area contributed by atoms with E-state index in [1.807, 2.05) is 44.2 Å². The third kappa shape index (κ3) is 7.49. The molecule has 0 spiro atoms. The topological polar surface area (TPSA) is 84.9 Å². The SMILES string of the molecule is CCCOc1ccccc1CCCNC(=O)CN(c1cc(C)ccc1OC)S(=O)(=O)c1ccc(C)cc1. The maximum absolute atomic E-state index is 13.7. The van der Waals surface area contributed by atoms with Crippen LogP contribution in [0.15, 0.2) is 71.6 Å². The fourth-order valence-electron chi connectivity index (χ4n) is 3.89. The molecule has 0 aliphatic carbocycles. The van der Waals surface area contributed by atoms with Crippen molar-refractivity contribution in [2.45, 2.75) is 44.9 Å². The second kappa shape index (κ2) is 13.1. The Balaban J connectivity index is 1.75. The Morgan fingerprint density at radius 3 is 2.35 bits per heavy atom. The number of ether oxygens (including phenoxy) is 2. The Bertz CT molecular complexity index is 1290. The Hall–Kier alpha value is -3.52. The summed E-state index contributed by atoms with van der Waals surface area (Å²) in [5, 5.41) is 2.87. The lowest BCUT2D eigenvalue weighted by Gasteiger charge is -2.26. The van der Waals surface area contributed by atoms with Crippen LogP contribution in [0, 0.1) is 13.8 Å². The van der Waals surface area contributed by atoms with Crippen LogP contribution in [0.2, 0.25) is 0 Å². The van der Waals surface area contributed by atoms with E-state index in [0.717, 1.165) is 39.6 Å². The fourth-order valence-corrected chi connectivity index (χ4v) is 5.31. The molecule has 0 saturated heterocycles. The van der Waals surface area contributed by atoms with Crippen LogP contribution in [0.5, 0.6) is 11.5 Å². The van der Waals surface area contributed by atoms with Crippen LogP contribution < -0.4 is 19.1 Å². The summed E-state index contributed by atoms with van der Waals surface area (Å²) in [6.45, 7) is 6.51. The highest BCUT2D eigenvalue weighted by Crippen LogP contribution is 2.33. The Morgan fingerprint density at radius 1 is 0.946 bits per heavy atom. The van der Waals surface area contributed by atoms with E-state index in [-0.39, 0.29) is 11.4 Å². The number of rotatable bonds is 13. The molecule has 0 fully saturated rings. The maximum Gasteiger partial charge on any atom is 0.264 e. The van der Waals surface area contributed by atoms with Crippen LogP contribution in [0.4, 0.5) is 5.69 Å². The first-order chi connectivity index (χ1) is 17.8. The molecule has 0 aromatic heterocycles. The highest BCUT2D eigenvalue weighted by molar-refractivity contribution is 7.92. The second-order valence-electron chi connectivity index (χ2n) is 8.91. The second-order valence-corrected chi connectivity index (χ2v) is 10.8. The van der Waals surface area contributed by atoms with Gasteiger partial charge >= 0.3 is 0 Å².